The first-order chi connectivity index (χ1) is 13.6. The Morgan fingerprint density at radius 1 is 1.24 bits per heavy atom. The van der Waals surface area contributed by atoms with Crippen molar-refractivity contribution in [1.29, 1.82) is 0 Å². The average Bonchev–Trinajstić information content (AvgIpc) is 2.75. The van der Waals surface area contributed by atoms with Gasteiger partial charge in [-0.3, -0.25) is 9.20 Å². The topological polar surface area (TPSA) is 72.0 Å². The lowest BCUT2D eigenvalue weighted by Crippen LogP contribution is -2.46. The van der Waals surface area contributed by atoms with Gasteiger partial charge in [-0.05, 0) is 49.8 Å². The van der Waals surface area contributed by atoms with Crippen molar-refractivity contribution in [2.24, 2.45) is 4.99 Å². The number of nitrogens with zero attached hydrogens (tertiary/aromatic N) is 1. The predicted molar refractivity (Wildman–Crippen MR) is 133 cm³/mol. The molecule has 29 heavy (non-hydrogen) atoms. The van der Waals surface area contributed by atoms with Crippen LogP contribution in [0.4, 0.5) is 0 Å². The van der Waals surface area contributed by atoms with E-state index in [4.69, 9.17) is 9.47 Å². The van der Waals surface area contributed by atoms with Gasteiger partial charge in [-0.15, -0.1) is 24.0 Å². The smallest absolute Gasteiger partial charge is 0.191 e. The van der Waals surface area contributed by atoms with Gasteiger partial charge in [0.05, 0.1) is 14.2 Å². The second-order valence-corrected chi connectivity index (χ2v) is 9.10. The summed E-state index contributed by atoms with van der Waals surface area (Å²) in [6.45, 7) is 2.84. The van der Waals surface area contributed by atoms with E-state index >= 15 is 0 Å². The highest BCUT2D eigenvalue weighted by atomic mass is 127. The summed E-state index contributed by atoms with van der Waals surface area (Å²) in [4.78, 5) is 4.35. The second-order valence-electron chi connectivity index (χ2n) is 7.09. The first-order valence-corrected chi connectivity index (χ1v) is 11.5. The van der Waals surface area contributed by atoms with Crippen LogP contribution in [0.15, 0.2) is 23.2 Å². The number of benzene rings is 1. The van der Waals surface area contributed by atoms with Crippen LogP contribution in [-0.2, 0) is 17.2 Å². The Hall–Kier alpha value is -1.03. The Morgan fingerprint density at radius 3 is 2.66 bits per heavy atom. The standard InChI is InChI=1S/C21H35N3O3S.HI/c1-5-28(25)18-10-6-9-17(15-18)24-21(22-2)23-13-7-8-16-11-12-19(26-3)20(14-16)27-4;/h11-12,14,17-18H,5-10,13,15H2,1-4H3,(H2,22,23,24);1H. The average molecular weight is 538 g/mol. The highest BCUT2D eigenvalue weighted by Gasteiger charge is 2.25. The summed E-state index contributed by atoms with van der Waals surface area (Å²) in [5, 5.41) is 7.24. The number of halogens is 1. The fourth-order valence-corrected chi connectivity index (χ4v) is 5.02. The molecule has 3 unspecified atom stereocenters. The molecule has 1 aliphatic carbocycles. The summed E-state index contributed by atoms with van der Waals surface area (Å²) in [6, 6.07) is 6.40. The fourth-order valence-electron chi connectivity index (χ4n) is 3.67. The van der Waals surface area contributed by atoms with Crippen LogP contribution in [0.5, 0.6) is 11.5 Å². The molecule has 2 N–H and O–H groups in total. The van der Waals surface area contributed by atoms with E-state index in [1.54, 1.807) is 21.3 Å². The van der Waals surface area contributed by atoms with Gasteiger partial charge in [0.25, 0.3) is 0 Å². The van der Waals surface area contributed by atoms with Gasteiger partial charge in [0, 0.05) is 41.4 Å². The molecule has 0 aliphatic heterocycles. The molecule has 0 aromatic heterocycles. The van der Waals surface area contributed by atoms with Crippen LogP contribution in [0.2, 0.25) is 0 Å². The van der Waals surface area contributed by atoms with E-state index in [0.717, 1.165) is 68.3 Å². The second kappa shape index (κ2) is 14.1. The molecule has 1 aromatic rings. The molecular formula is C21H36IN3O3S. The fraction of sp³-hybridized carbons (Fsp3) is 0.667. The molecule has 3 atom stereocenters. The van der Waals surface area contributed by atoms with E-state index in [-0.39, 0.29) is 24.0 Å². The van der Waals surface area contributed by atoms with Crippen LogP contribution >= 0.6 is 24.0 Å². The van der Waals surface area contributed by atoms with E-state index in [2.05, 4.69) is 21.7 Å². The monoisotopic (exact) mass is 537 g/mol. The Morgan fingerprint density at radius 2 is 2.00 bits per heavy atom. The third kappa shape index (κ3) is 8.32. The van der Waals surface area contributed by atoms with Gasteiger partial charge < -0.3 is 20.1 Å². The largest absolute Gasteiger partial charge is 0.493 e. The molecule has 0 amide bonds. The SMILES string of the molecule is CCS(=O)C1CCCC(NC(=NC)NCCCc2ccc(OC)c(OC)c2)C1.I. The van der Waals surface area contributed by atoms with E-state index in [1.807, 2.05) is 19.1 Å². The van der Waals surface area contributed by atoms with Gasteiger partial charge >= 0.3 is 0 Å². The minimum Gasteiger partial charge on any atom is -0.493 e. The maximum absolute atomic E-state index is 12.1. The number of ether oxygens (including phenoxy) is 2. The number of guanidine groups is 1. The van der Waals surface area contributed by atoms with Crippen molar-refractivity contribution in [3.63, 3.8) is 0 Å². The van der Waals surface area contributed by atoms with Crippen molar-refractivity contribution in [3.05, 3.63) is 23.8 Å². The van der Waals surface area contributed by atoms with Gasteiger partial charge in [0.15, 0.2) is 17.5 Å². The van der Waals surface area contributed by atoms with Crippen molar-refractivity contribution in [1.82, 2.24) is 10.6 Å². The highest BCUT2D eigenvalue weighted by molar-refractivity contribution is 14.0. The van der Waals surface area contributed by atoms with Crippen molar-refractivity contribution in [2.75, 3.05) is 33.6 Å². The van der Waals surface area contributed by atoms with Crippen molar-refractivity contribution < 1.29 is 13.7 Å². The molecule has 2 rings (SSSR count). The number of hydrogen-bond acceptors (Lipinski definition) is 4. The Kier molecular flexibility index (Phi) is 12.6. The number of aryl methyl sites for hydroxylation is 1. The lowest BCUT2D eigenvalue weighted by molar-refractivity contribution is 0.354. The van der Waals surface area contributed by atoms with Gasteiger partial charge in [-0.1, -0.05) is 19.4 Å². The number of rotatable bonds is 9. The van der Waals surface area contributed by atoms with Crippen LogP contribution < -0.4 is 20.1 Å². The summed E-state index contributed by atoms with van der Waals surface area (Å²) in [5.41, 5.74) is 1.22. The third-order valence-corrected chi connectivity index (χ3v) is 6.97. The highest BCUT2D eigenvalue weighted by Crippen LogP contribution is 2.28. The van der Waals surface area contributed by atoms with E-state index in [1.165, 1.54) is 5.56 Å². The maximum atomic E-state index is 12.1. The molecule has 0 heterocycles. The molecule has 8 heteroatoms. The molecule has 0 radical (unpaired) electrons. The zero-order valence-corrected chi connectivity index (χ0v) is 21.2. The number of nitrogens with one attached hydrogen (secondary N) is 2. The minimum atomic E-state index is -0.704. The first-order valence-electron chi connectivity index (χ1n) is 10.2. The number of aliphatic imine (C=N–C) groups is 1. The number of hydrogen-bond donors (Lipinski definition) is 2. The van der Waals surface area contributed by atoms with Crippen molar-refractivity contribution >= 4 is 40.7 Å². The molecule has 1 saturated carbocycles. The maximum Gasteiger partial charge on any atom is 0.191 e. The molecule has 0 bridgehead atoms. The Balaban J connectivity index is 0.00000420. The summed E-state index contributed by atoms with van der Waals surface area (Å²) in [6.07, 6.45) is 6.23. The lowest BCUT2D eigenvalue weighted by Gasteiger charge is -2.30. The zero-order chi connectivity index (χ0) is 20.4. The van der Waals surface area contributed by atoms with Crippen LogP contribution in [0.3, 0.4) is 0 Å². The molecular weight excluding hydrogens is 501 g/mol. The Labute approximate surface area is 195 Å². The quantitative estimate of drug-likeness (QED) is 0.219. The molecule has 1 aliphatic rings. The first kappa shape index (κ1) is 26.0. The Bertz CT molecular complexity index is 673. The molecule has 1 aromatic carbocycles. The van der Waals surface area contributed by atoms with Crippen LogP contribution in [0.1, 0.15) is 44.6 Å². The van der Waals surface area contributed by atoms with Gasteiger partial charge in [0.2, 0.25) is 0 Å². The third-order valence-electron chi connectivity index (χ3n) is 5.23. The lowest BCUT2D eigenvalue weighted by atomic mass is 9.95. The minimum absolute atomic E-state index is 0. The molecule has 166 valence electrons. The molecule has 0 spiro atoms. The van der Waals surface area contributed by atoms with Crippen LogP contribution in [-0.4, -0.2) is 55.0 Å². The summed E-state index contributed by atoms with van der Waals surface area (Å²) in [7, 11) is 4.40. The number of methoxy groups -OCH3 is 2. The molecule has 1 fully saturated rings. The summed E-state index contributed by atoms with van der Waals surface area (Å²) in [5.74, 6) is 3.10. The molecule has 6 nitrogen and oxygen atoms in total. The van der Waals surface area contributed by atoms with Crippen LogP contribution in [0, 0.1) is 0 Å². The predicted octanol–water partition coefficient (Wildman–Crippen LogP) is 3.50. The van der Waals surface area contributed by atoms with Crippen molar-refractivity contribution in [3.8, 4) is 11.5 Å². The zero-order valence-electron chi connectivity index (χ0n) is 18.0. The molecule has 0 saturated heterocycles. The van der Waals surface area contributed by atoms with Gasteiger partial charge in [-0.2, -0.15) is 0 Å². The summed E-state index contributed by atoms with van der Waals surface area (Å²) >= 11 is 0. The van der Waals surface area contributed by atoms with Crippen molar-refractivity contribution in [2.45, 2.75) is 56.7 Å². The van der Waals surface area contributed by atoms with E-state index < -0.39 is 10.8 Å². The normalized spacial score (nSPS) is 20.3. The summed E-state index contributed by atoms with van der Waals surface area (Å²) < 4.78 is 22.8. The van der Waals surface area contributed by atoms with E-state index in [9.17, 15) is 4.21 Å². The van der Waals surface area contributed by atoms with Crippen LogP contribution in [0.25, 0.3) is 0 Å². The van der Waals surface area contributed by atoms with E-state index in [0.29, 0.717) is 11.3 Å². The van der Waals surface area contributed by atoms with Gasteiger partial charge in [0.1, 0.15) is 0 Å². The van der Waals surface area contributed by atoms with Gasteiger partial charge in [-0.25, -0.2) is 0 Å².